The fourth-order valence-corrected chi connectivity index (χ4v) is 1.95. The molecule has 0 spiro atoms. The molecule has 0 saturated carbocycles. The van der Waals surface area contributed by atoms with Gasteiger partial charge in [0, 0.05) is 26.4 Å². The zero-order valence-corrected chi connectivity index (χ0v) is 9.28. The van der Waals surface area contributed by atoms with Gasteiger partial charge in [-0.05, 0) is 25.7 Å². The predicted octanol–water partition coefficient (Wildman–Crippen LogP) is 1.79. The highest BCUT2D eigenvalue weighted by Crippen LogP contribution is 2.16. The summed E-state index contributed by atoms with van der Waals surface area (Å²) in [6, 6.07) is 0. The molecule has 84 valence electrons. The second-order valence-corrected chi connectivity index (χ2v) is 4.11. The van der Waals surface area contributed by atoms with Gasteiger partial charge in [-0.2, -0.15) is 5.10 Å². The molecule has 1 N–H and O–H groups in total. The van der Waals surface area contributed by atoms with Crippen LogP contribution < -0.4 is 5.32 Å². The molecule has 1 fully saturated rings. The van der Waals surface area contributed by atoms with Gasteiger partial charge in [0.1, 0.15) is 0 Å². The molecule has 1 saturated heterocycles. The lowest BCUT2D eigenvalue weighted by Crippen LogP contribution is -2.08. The molecule has 4 heteroatoms. The third-order valence-corrected chi connectivity index (χ3v) is 2.76. The van der Waals surface area contributed by atoms with Gasteiger partial charge in [-0.3, -0.25) is 4.68 Å². The van der Waals surface area contributed by atoms with E-state index in [4.69, 9.17) is 4.74 Å². The minimum atomic E-state index is 0.515. The lowest BCUT2D eigenvalue weighted by atomic mass is 10.1. The summed E-state index contributed by atoms with van der Waals surface area (Å²) in [6.07, 6.45) is 9.18. The van der Waals surface area contributed by atoms with E-state index in [1.807, 2.05) is 24.1 Å². The van der Waals surface area contributed by atoms with Gasteiger partial charge in [-0.25, -0.2) is 0 Å². The number of aromatic nitrogens is 2. The van der Waals surface area contributed by atoms with Gasteiger partial charge in [0.15, 0.2) is 0 Å². The van der Waals surface area contributed by atoms with Crippen molar-refractivity contribution in [3.63, 3.8) is 0 Å². The van der Waals surface area contributed by atoms with Crippen molar-refractivity contribution in [3.05, 3.63) is 12.4 Å². The number of nitrogens with one attached hydrogen (secondary N) is 1. The van der Waals surface area contributed by atoms with Crippen LogP contribution in [0.2, 0.25) is 0 Å². The highest BCUT2D eigenvalue weighted by Gasteiger charge is 2.14. The first-order valence-corrected chi connectivity index (χ1v) is 5.69. The van der Waals surface area contributed by atoms with Crippen LogP contribution in [0.4, 0.5) is 5.69 Å². The SMILES string of the molecule is Cn1cc(NCCCC2CCCO2)cn1. The molecule has 1 aliphatic rings. The molecule has 2 rings (SSSR count). The Kier molecular flexibility index (Phi) is 3.61. The maximum atomic E-state index is 5.57. The first-order chi connectivity index (χ1) is 7.34. The molecule has 2 heterocycles. The first-order valence-electron chi connectivity index (χ1n) is 5.69. The number of aryl methyl sites for hydroxylation is 1. The summed E-state index contributed by atoms with van der Waals surface area (Å²) >= 11 is 0. The lowest BCUT2D eigenvalue weighted by Gasteiger charge is -2.08. The van der Waals surface area contributed by atoms with Crippen LogP contribution in [0.15, 0.2) is 12.4 Å². The van der Waals surface area contributed by atoms with E-state index >= 15 is 0 Å². The quantitative estimate of drug-likeness (QED) is 0.751. The maximum Gasteiger partial charge on any atom is 0.0726 e. The van der Waals surface area contributed by atoms with Crippen molar-refractivity contribution in [1.82, 2.24) is 9.78 Å². The fourth-order valence-electron chi connectivity index (χ4n) is 1.95. The van der Waals surface area contributed by atoms with Crippen molar-refractivity contribution in [2.24, 2.45) is 7.05 Å². The molecule has 1 aromatic rings. The molecule has 1 unspecified atom stereocenters. The molecule has 0 amide bonds. The minimum Gasteiger partial charge on any atom is -0.383 e. The molecule has 1 aromatic heterocycles. The van der Waals surface area contributed by atoms with Gasteiger partial charge < -0.3 is 10.1 Å². The fraction of sp³-hybridized carbons (Fsp3) is 0.727. The van der Waals surface area contributed by atoms with E-state index in [0.717, 1.165) is 18.8 Å². The highest BCUT2D eigenvalue weighted by molar-refractivity contribution is 5.37. The zero-order valence-electron chi connectivity index (χ0n) is 9.28. The molecular weight excluding hydrogens is 190 g/mol. The summed E-state index contributed by atoms with van der Waals surface area (Å²) in [6.45, 7) is 1.96. The van der Waals surface area contributed by atoms with E-state index in [2.05, 4.69) is 10.4 Å². The van der Waals surface area contributed by atoms with Crippen LogP contribution in [0.1, 0.15) is 25.7 Å². The Morgan fingerprint density at radius 1 is 1.67 bits per heavy atom. The van der Waals surface area contributed by atoms with Crippen LogP contribution >= 0.6 is 0 Å². The van der Waals surface area contributed by atoms with Crippen molar-refractivity contribution in [3.8, 4) is 0 Å². The number of rotatable bonds is 5. The van der Waals surface area contributed by atoms with E-state index in [-0.39, 0.29) is 0 Å². The Morgan fingerprint density at radius 3 is 3.27 bits per heavy atom. The van der Waals surface area contributed by atoms with E-state index in [0.29, 0.717) is 6.10 Å². The number of ether oxygens (including phenoxy) is 1. The van der Waals surface area contributed by atoms with Gasteiger partial charge >= 0.3 is 0 Å². The Morgan fingerprint density at radius 2 is 2.60 bits per heavy atom. The standard InChI is InChI=1S/C11H19N3O/c1-14-9-10(8-13-14)12-6-2-4-11-5-3-7-15-11/h8-9,11-12H,2-7H2,1H3. The third-order valence-electron chi connectivity index (χ3n) is 2.76. The van der Waals surface area contributed by atoms with Crippen molar-refractivity contribution >= 4 is 5.69 Å². The van der Waals surface area contributed by atoms with E-state index in [9.17, 15) is 0 Å². The number of nitrogens with zero attached hydrogens (tertiary/aromatic N) is 2. The molecule has 15 heavy (non-hydrogen) atoms. The molecule has 0 radical (unpaired) electrons. The summed E-state index contributed by atoms with van der Waals surface area (Å²) in [7, 11) is 1.93. The van der Waals surface area contributed by atoms with Crippen LogP contribution in [-0.2, 0) is 11.8 Å². The van der Waals surface area contributed by atoms with Crippen LogP contribution in [0.25, 0.3) is 0 Å². The van der Waals surface area contributed by atoms with Gasteiger partial charge in [0.2, 0.25) is 0 Å². The summed E-state index contributed by atoms with van der Waals surface area (Å²) in [5.41, 5.74) is 1.10. The molecule has 0 aromatic carbocycles. The zero-order chi connectivity index (χ0) is 10.5. The Bertz CT molecular complexity index is 292. The topological polar surface area (TPSA) is 39.1 Å². The number of anilines is 1. The molecule has 1 atom stereocenters. The lowest BCUT2D eigenvalue weighted by molar-refractivity contribution is 0.103. The van der Waals surface area contributed by atoms with Crippen LogP contribution in [-0.4, -0.2) is 29.0 Å². The Balaban J connectivity index is 1.58. The van der Waals surface area contributed by atoms with Gasteiger partial charge in [-0.15, -0.1) is 0 Å². The molecular formula is C11H19N3O. The second-order valence-electron chi connectivity index (χ2n) is 4.11. The van der Waals surface area contributed by atoms with Crippen LogP contribution in [0.3, 0.4) is 0 Å². The van der Waals surface area contributed by atoms with E-state index in [1.54, 1.807) is 0 Å². The molecule has 1 aliphatic heterocycles. The summed E-state index contributed by atoms with van der Waals surface area (Å²) in [5, 5.41) is 7.45. The molecule has 4 nitrogen and oxygen atoms in total. The summed E-state index contributed by atoms with van der Waals surface area (Å²) in [4.78, 5) is 0. The largest absolute Gasteiger partial charge is 0.383 e. The van der Waals surface area contributed by atoms with Crippen molar-refractivity contribution in [2.45, 2.75) is 31.8 Å². The first kappa shape index (κ1) is 10.5. The van der Waals surface area contributed by atoms with Crippen LogP contribution in [0.5, 0.6) is 0 Å². The summed E-state index contributed by atoms with van der Waals surface area (Å²) in [5.74, 6) is 0. The predicted molar refractivity (Wildman–Crippen MR) is 59.9 cm³/mol. The maximum absolute atomic E-state index is 5.57. The van der Waals surface area contributed by atoms with Crippen molar-refractivity contribution < 1.29 is 4.74 Å². The number of hydrogen-bond donors (Lipinski definition) is 1. The third kappa shape index (κ3) is 3.23. The highest BCUT2D eigenvalue weighted by atomic mass is 16.5. The summed E-state index contributed by atoms with van der Waals surface area (Å²) < 4.78 is 7.37. The van der Waals surface area contributed by atoms with Crippen molar-refractivity contribution in [1.29, 1.82) is 0 Å². The second kappa shape index (κ2) is 5.16. The molecule has 0 aliphatic carbocycles. The number of hydrogen-bond acceptors (Lipinski definition) is 3. The Hall–Kier alpha value is -1.03. The van der Waals surface area contributed by atoms with Crippen LogP contribution in [0, 0.1) is 0 Å². The average Bonchev–Trinajstić information content (AvgIpc) is 2.84. The average molecular weight is 209 g/mol. The normalized spacial score (nSPS) is 20.7. The van der Waals surface area contributed by atoms with Gasteiger partial charge in [-0.1, -0.05) is 0 Å². The smallest absolute Gasteiger partial charge is 0.0726 e. The van der Waals surface area contributed by atoms with Gasteiger partial charge in [0.25, 0.3) is 0 Å². The van der Waals surface area contributed by atoms with E-state index in [1.165, 1.54) is 25.7 Å². The Labute approximate surface area is 90.6 Å². The van der Waals surface area contributed by atoms with Crippen molar-refractivity contribution in [2.75, 3.05) is 18.5 Å². The monoisotopic (exact) mass is 209 g/mol. The molecule has 0 bridgehead atoms. The van der Waals surface area contributed by atoms with E-state index < -0.39 is 0 Å². The van der Waals surface area contributed by atoms with Gasteiger partial charge in [0.05, 0.1) is 18.0 Å². The minimum absolute atomic E-state index is 0.515.